The molecule has 27 aromatic rings. The second-order valence-corrected chi connectivity index (χ2v) is 36.0. The van der Waals surface area contributed by atoms with Crippen LogP contribution in [0, 0.1) is 0 Å². The highest BCUT2D eigenvalue weighted by molar-refractivity contribution is 6.16. The van der Waals surface area contributed by atoms with Crippen LogP contribution in [0.2, 0.25) is 0 Å². The van der Waals surface area contributed by atoms with Gasteiger partial charge in [-0.3, -0.25) is 9.13 Å². The van der Waals surface area contributed by atoms with E-state index in [0.717, 1.165) is 111 Å². The molecule has 28 rings (SSSR count). The Kier molecular flexibility index (Phi) is 19.9. The zero-order chi connectivity index (χ0) is 92.9. The second-order valence-electron chi connectivity index (χ2n) is 36.0. The minimum Gasteiger partial charge on any atom is -0.309 e. The van der Waals surface area contributed by atoms with Crippen LogP contribution in [-0.2, 0) is 5.41 Å². The van der Waals surface area contributed by atoms with Crippen molar-refractivity contribution >= 4 is 109 Å². The summed E-state index contributed by atoms with van der Waals surface area (Å²) >= 11 is 0. The summed E-state index contributed by atoms with van der Waals surface area (Å²) in [5, 5.41) is 12.1. The molecule has 0 fully saturated rings. The van der Waals surface area contributed by atoms with Crippen molar-refractivity contribution in [3.8, 4) is 131 Å². The molecule has 1 aliphatic rings. The Bertz CT molecular complexity index is 9350. The molecule has 8 aromatic heterocycles. The highest BCUT2D eigenvalue weighted by Gasteiger charge is 2.36. The van der Waals surface area contributed by atoms with Gasteiger partial charge < -0.3 is 13.7 Å². The normalized spacial score (nSPS) is 12.1. The summed E-state index contributed by atoms with van der Waals surface area (Å²) in [7, 11) is 0. The number of hydrogen-bond donors (Lipinski definition) is 0. The molecule has 0 unspecified atom stereocenters. The Hall–Kier alpha value is -18.8. The third-order valence-electron chi connectivity index (χ3n) is 27.4. The first-order valence-corrected chi connectivity index (χ1v) is 47.2. The van der Waals surface area contributed by atoms with E-state index in [1.54, 1.807) is 0 Å². The smallest absolute Gasteiger partial charge is 0.238 e. The Morgan fingerprint density at radius 3 is 0.929 bits per heavy atom. The number of para-hydroxylation sites is 8. The minimum atomic E-state index is -0.202. The van der Waals surface area contributed by atoms with Crippen molar-refractivity contribution in [1.82, 2.24) is 67.7 Å². The van der Waals surface area contributed by atoms with Crippen LogP contribution in [-0.4, -0.2) is 67.7 Å². The molecule has 0 spiro atoms. The maximum atomic E-state index is 5.27. The Labute approximate surface area is 805 Å². The van der Waals surface area contributed by atoms with Crippen molar-refractivity contribution in [2.75, 3.05) is 0 Å². The predicted molar refractivity (Wildman–Crippen MR) is 572 cm³/mol. The van der Waals surface area contributed by atoms with Gasteiger partial charge in [0.25, 0.3) is 0 Å². The van der Waals surface area contributed by atoms with Gasteiger partial charge in [0, 0.05) is 110 Å². The fraction of sp³-hybridized carbons (Fsp3) is 0.0238. The molecule has 19 aromatic carbocycles. The van der Waals surface area contributed by atoms with E-state index in [4.69, 9.17) is 44.9 Å². The maximum absolute atomic E-state index is 5.27. The molecular formula is C126H84N14. The van der Waals surface area contributed by atoms with E-state index in [0.29, 0.717) is 52.7 Å². The van der Waals surface area contributed by atoms with Gasteiger partial charge >= 0.3 is 0 Å². The van der Waals surface area contributed by atoms with E-state index in [-0.39, 0.29) is 5.41 Å². The molecule has 0 saturated heterocycles. The molecule has 140 heavy (non-hydrogen) atoms. The number of aromatic nitrogens is 14. The number of fused-ring (bicyclic) bond motifs is 17. The van der Waals surface area contributed by atoms with Gasteiger partial charge in [-0.05, 0) is 137 Å². The van der Waals surface area contributed by atoms with Crippen molar-refractivity contribution in [2.24, 2.45) is 0 Å². The van der Waals surface area contributed by atoms with Crippen LogP contribution >= 0.6 is 0 Å². The molecule has 658 valence electrons. The van der Waals surface area contributed by atoms with Crippen LogP contribution in [0.25, 0.3) is 240 Å². The number of hydrogen-bond acceptors (Lipinski definition) is 9. The maximum Gasteiger partial charge on any atom is 0.238 e. The lowest BCUT2D eigenvalue weighted by atomic mass is 9.74. The molecule has 1 aliphatic heterocycles. The van der Waals surface area contributed by atoms with E-state index in [1.165, 1.54) is 87.8 Å². The number of rotatable bonds is 13. The summed E-state index contributed by atoms with van der Waals surface area (Å²) in [4.78, 5) is 45.5. The van der Waals surface area contributed by atoms with Crippen molar-refractivity contribution in [3.63, 3.8) is 0 Å². The van der Waals surface area contributed by atoms with E-state index >= 15 is 0 Å². The highest BCUT2D eigenvalue weighted by atomic mass is 15.2. The minimum absolute atomic E-state index is 0.202. The van der Waals surface area contributed by atoms with Crippen LogP contribution in [0.1, 0.15) is 25.0 Å². The summed E-state index contributed by atoms with van der Waals surface area (Å²) in [6.45, 7) is 4.65. The molecule has 14 heteroatoms. The van der Waals surface area contributed by atoms with Gasteiger partial charge in [-0.15, -0.1) is 0 Å². The molecule has 0 atom stereocenters. The monoisotopic (exact) mass is 1790 g/mol. The zero-order valence-corrected chi connectivity index (χ0v) is 76.3. The highest BCUT2D eigenvalue weighted by Crippen LogP contribution is 2.50. The van der Waals surface area contributed by atoms with Crippen molar-refractivity contribution in [1.29, 1.82) is 0 Å². The third-order valence-corrected chi connectivity index (χ3v) is 27.4. The lowest BCUT2D eigenvalue weighted by molar-refractivity contribution is 0.630. The quantitative estimate of drug-likeness (QED) is 0.110. The van der Waals surface area contributed by atoms with Gasteiger partial charge in [0.05, 0.1) is 60.9 Å². The zero-order valence-electron chi connectivity index (χ0n) is 76.3. The average Bonchev–Trinajstić information content (AvgIpc) is 1.51. The molecule has 0 aliphatic carbocycles. The molecule has 0 saturated carbocycles. The Morgan fingerprint density at radius 2 is 0.471 bits per heavy atom. The van der Waals surface area contributed by atoms with Crippen LogP contribution in [0.15, 0.2) is 473 Å². The molecule has 0 bridgehead atoms. The van der Waals surface area contributed by atoms with E-state index in [1.807, 2.05) is 152 Å². The molecular weight excluding hydrogens is 1710 g/mol. The molecule has 0 amide bonds. The van der Waals surface area contributed by atoms with Gasteiger partial charge in [-0.2, -0.15) is 19.9 Å². The summed E-state index contributed by atoms with van der Waals surface area (Å²) in [6, 6.07) is 165. The summed E-state index contributed by atoms with van der Waals surface area (Å²) < 4.78 is 11.5. The summed E-state index contributed by atoms with van der Waals surface area (Å²) in [5.41, 5.74) is 28.4. The second kappa shape index (κ2) is 34.0. The first-order valence-electron chi connectivity index (χ1n) is 47.2. The van der Waals surface area contributed by atoms with E-state index in [2.05, 4.69) is 358 Å². The van der Waals surface area contributed by atoms with Gasteiger partial charge in [0.2, 0.25) is 11.9 Å². The van der Waals surface area contributed by atoms with Crippen molar-refractivity contribution in [2.45, 2.75) is 19.3 Å². The van der Waals surface area contributed by atoms with Gasteiger partial charge in [0.1, 0.15) is 0 Å². The fourth-order valence-corrected chi connectivity index (χ4v) is 20.9. The predicted octanol–water partition coefficient (Wildman–Crippen LogP) is 30.7. The number of nitrogens with zero attached hydrogens (tertiary/aromatic N) is 14. The van der Waals surface area contributed by atoms with Gasteiger partial charge in [-0.25, -0.2) is 24.9 Å². The largest absolute Gasteiger partial charge is 0.309 e. The first-order chi connectivity index (χ1) is 69.2. The van der Waals surface area contributed by atoms with Gasteiger partial charge in [0.15, 0.2) is 40.8 Å². The SMILES string of the molecule is CC1(C)c2cc(-c3nc(-c4ccccc4)nc(-c4ccccc4)n3)ccc2-n2c3ccccc3c3cccc1c32.c1ccc(-c2nc(-c3ccccc3)nc(-n3c4ccccc4c4ccc(-n5c6ccccc6c6ccccc65)cc43)n2)cc1.c1ccc(-c2nc(-c3ccccc3-c3ccccc3)nc(-n3c4ccccc4c4cc(-c5ccc6c(c5)c5ccccc5n6-c5ccccc5)ccc43)n2)cc1. The van der Waals surface area contributed by atoms with Crippen molar-refractivity contribution in [3.05, 3.63) is 484 Å². The Morgan fingerprint density at radius 1 is 0.164 bits per heavy atom. The topological polar surface area (TPSA) is 141 Å². The summed E-state index contributed by atoms with van der Waals surface area (Å²) in [5.74, 6) is 5.70. The molecule has 0 radical (unpaired) electrons. The third kappa shape index (κ3) is 14.1. The van der Waals surface area contributed by atoms with Gasteiger partial charge in [-0.1, -0.05) is 384 Å². The average molecular weight is 1790 g/mol. The lowest BCUT2D eigenvalue weighted by Crippen LogP contribution is -2.26. The van der Waals surface area contributed by atoms with Crippen molar-refractivity contribution < 1.29 is 0 Å². The lowest BCUT2D eigenvalue weighted by Gasteiger charge is -2.35. The molecule has 14 nitrogen and oxygen atoms in total. The van der Waals surface area contributed by atoms with Crippen LogP contribution in [0.4, 0.5) is 0 Å². The fourth-order valence-electron chi connectivity index (χ4n) is 20.9. The first kappa shape index (κ1) is 81.9. The van der Waals surface area contributed by atoms with Crippen LogP contribution in [0.5, 0.6) is 0 Å². The van der Waals surface area contributed by atoms with E-state index < -0.39 is 0 Å². The standard InChI is InChI=1S/C51H33N5.C39H25N5.C36H26N4/c1-4-16-34(17-5-1)39-22-10-11-25-42(39)50-52-49(35-18-6-2-7-19-35)53-51(54-50)56-46-27-15-13-24-41(46)44-33-37(29-31-48(44)56)36-28-30-47-43(32-36)40-23-12-14-26-45(40)55(47)38-20-8-3-9-21-38;1-3-13-26(14-4-1)37-40-38(27-15-5-2-6-16-27)42-39(41-37)44-35-22-12-9-19-31(35)32-24-23-28(25-36(32)44)43-33-20-10-7-17-29(33)30-18-8-11-21-34(30)43;1-36(2)28-18-11-17-27-26-16-9-10-19-30(26)40(32(27)28)31-21-20-25(22-29(31)36)35-38-33(23-12-5-3-6-13-23)37-34(39-35)24-14-7-4-8-15-24/h1-33H;1-25H;3-22H,1-2H3. The van der Waals surface area contributed by atoms with E-state index in [9.17, 15) is 0 Å². The van der Waals surface area contributed by atoms with Crippen LogP contribution in [0.3, 0.4) is 0 Å². The number of benzene rings is 19. The molecule has 9 heterocycles. The molecule has 0 N–H and O–H groups in total. The van der Waals surface area contributed by atoms with Crippen LogP contribution < -0.4 is 0 Å². The Balaban J connectivity index is 0.000000110. The summed E-state index contributed by atoms with van der Waals surface area (Å²) in [6.07, 6.45) is 0.